The van der Waals surface area contributed by atoms with E-state index in [2.05, 4.69) is 27.6 Å². The smallest absolute Gasteiger partial charge is 0.311 e. The summed E-state index contributed by atoms with van der Waals surface area (Å²) in [7, 11) is 0. The van der Waals surface area contributed by atoms with Gasteiger partial charge in [-0.1, -0.05) is 37.3 Å². The molecule has 2 heterocycles. The van der Waals surface area contributed by atoms with Crippen molar-refractivity contribution in [1.29, 1.82) is 0 Å². The molecule has 0 radical (unpaired) electrons. The van der Waals surface area contributed by atoms with Gasteiger partial charge in [0.05, 0.1) is 0 Å². The summed E-state index contributed by atoms with van der Waals surface area (Å²) in [5, 5.41) is 11.2. The van der Waals surface area contributed by atoms with Gasteiger partial charge in [0.2, 0.25) is 5.89 Å². The Morgan fingerprint density at radius 1 is 1.36 bits per heavy atom. The number of piperazine rings is 1. The third-order valence-electron chi connectivity index (χ3n) is 3.78. The van der Waals surface area contributed by atoms with Crippen molar-refractivity contribution >= 4 is 5.91 Å². The Bertz CT molecular complexity index is 626. The van der Waals surface area contributed by atoms with E-state index in [4.69, 9.17) is 4.42 Å². The van der Waals surface area contributed by atoms with Gasteiger partial charge >= 0.3 is 11.8 Å². The fourth-order valence-corrected chi connectivity index (χ4v) is 2.63. The molecule has 1 saturated heterocycles. The fraction of sp³-hybridized carbons (Fsp3) is 0.438. The molecule has 1 aliphatic rings. The second-order valence-corrected chi connectivity index (χ2v) is 5.42. The monoisotopic (exact) mass is 300 g/mol. The van der Waals surface area contributed by atoms with Crippen molar-refractivity contribution in [3.05, 3.63) is 47.7 Å². The van der Waals surface area contributed by atoms with Crippen LogP contribution in [-0.4, -0.2) is 40.6 Å². The van der Waals surface area contributed by atoms with Crippen molar-refractivity contribution in [2.24, 2.45) is 0 Å². The van der Waals surface area contributed by atoms with Crippen LogP contribution in [0.4, 0.5) is 0 Å². The first-order valence-corrected chi connectivity index (χ1v) is 7.68. The molecule has 1 aromatic carbocycles. The number of amides is 1. The van der Waals surface area contributed by atoms with Crippen LogP contribution in [0.1, 0.15) is 41.5 Å². The van der Waals surface area contributed by atoms with Crippen LogP contribution in [0, 0.1) is 0 Å². The highest BCUT2D eigenvalue weighted by molar-refractivity contribution is 5.89. The number of carbonyl (C=O) groups is 1. The second kappa shape index (κ2) is 6.70. The predicted octanol–water partition coefficient (Wildman–Crippen LogP) is 1.81. The Morgan fingerprint density at radius 3 is 2.95 bits per heavy atom. The number of hydrogen-bond acceptors (Lipinski definition) is 5. The SMILES string of the molecule is CCCc1nnc(C(=O)N2CCN[C@H](c3ccccc3)C2)o1. The van der Waals surface area contributed by atoms with E-state index in [1.807, 2.05) is 25.1 Å². The lowest BCUT2D eigenvalue weighted by atomic mass is 10.0. The van der Waals surface area contributed by atoms with Crippen molar-refractivity contribution in [2.45, 2.75) is 25.8 Å². The Morgan fingerprint density at radius 2 is 2.18 bits per heavy atom. The lowest BCUT2D eigenvalue weighted by Crippen LogP contribution is -2.48. The molecular weight excluding hydrogens is 280 g/mol. The molecule has 2 aromatic rings. The fourth-order valence-electron chi connectivity index (χ4n) is 2.63. The Balaban J connectivity index is 1.69. The van der Waals surface area contributed by atoms with Crippen LogP contribution >= 0.6 is 0 Å². The standard InChI is InChI=1S/C16H20N4O2/c1-2-6-14-18-19-15(22-14)16(21)20-10-9-17-13(11-20)12-7-4-3-5-8-12/h3-5,7-8,13,17H,2,6,9-11H2,1H3/t13-/m0/s1. The van der Waals surface area contributed by atoms with Gasteiger partial charge in [0.15, 0.2) is 0 Å². The number of aryl methyl sites for hydroxylation is 1. The Kier molecular flexibility index (Phi) is 4.48. The van der Waals surface area contributed by atoms with Crippen molar-refractivity contribution in [2.75, 3.05) is 19.6 Å². The molecule has 6 heteroatoms. The highest BCUT2D eigenvalue weighted by atomic mass is 16.4. The molecule has 0 bridgehead atoms. The molecule has 0 unspecified atom stereocenters. The topological polar surface area (TPSA) is 71.3 Å². The average molecular weight is 300 g/mol. The molecule has 1 aliphatic heterocycles. The van der Waals surface area contributed by atoms with E-state index < -0.39 is 0 Å². The maximum atomic E-state index is 12.5. The number of nitrogens with zero attached hydrogens (tertiary/aromatic N) is 3. The van der Waals surface area contributed by atoms with Gasteiger partial charge in [0.25, 0.3) is 0 Å². The van der Waals surface area contributed by atoms with Crippen molar-refractivity contribution in [3.8, 4) is 0 Å². The van der Waals surface area contributed by atoms with Crippen molar-refractivity contribution in [1.82, 2.24) is 20.4 Å². The zero-order valence-corrected chi connectivity index (χ0v) is 12.7. The quantitative estimate of drug-likeness (QED) is 0.932. The molecule has 1 atom stereocenters. The third-order valence-corrected chi connectivity index (χ3v) is 3.78. The van der Waals surface area contributed by atoms with Crippen LogP contribution in [0.5, 0.6) is 0 Å². The van der Waals surface area contributed by atoms with Gasteiger partial charge in [-0.05, 0) is 12.0 Å². The second-order valence-electron chi connectivity index (χ2n) is 5.42. The Hall–Kier alpha value is -2.21. The number of rotatable bonds is 4. The van der Waals surface area contributed by atoms with E-state index in [0.717, 1.165) is 13.0 Å². The molecule has 22 heavy (non-hydrogen) atoms. The van der Waals surface area contributed by atoms with Crippen LogP contribution < -0.4 is 5.32 Å². The molecule has 0 aliphatic carbocycles. The summed E-state index contributed by atoms with van der Waals surface area (Å²) in [6.45, 7) is 4.04. The molecule has 1 fully saturated rings. The molecule has 0 saturated carbocycles. The largest absolute Gasteiger partial charge is 0.417 e. The van der Waals surface area contributed by atoms with Gasteiger partial charge < -0.3 is 14.6 Å². The highest BCUT2D eigenvalue weighted by Gasteiger charge is 2.28. The van der Waals surface area contributed by atoms with Crippen LogP contribution in [0.25, 0.3) is 0 Å². The Labute approximate surface area is 129 Å². The lowest BCUT2D eigenvalue weighted by Gasteiger charge is -2.33. The van der Waals surface area contributed by atoms with Gasteiger partial charge in [-0.15, -0.1) is 10.2 Å². The van der Waals surface area contributed by atoms with Gasteiger partial charge in [-0.2, -0.15) is 0 Å². The summed E-state index contributed by atoms with van der Waals surface area (Å²) in [5.74, 6) is 0.440. The molecule has 1 amide bonds. The lowest BCUT2D eigenvalue weighted by molar-refractivity contribution is 0.0660. The van der Waals surface area contributed by atoms with Crippen LogP contribution in [0.3, 0.4) is 0 Å². The zero-order valence-electron chi connectivity index (χ0n) is 12.7. The third kappa shape index (κ3) is 3.17. The molecule has 3 rings (SSSR count). The van der Waals surface area contributed by atoms with Crippen molar-refractivity contribution < 1.29 is 9.21 Å². The summed E-state index contributed by atoms with van der Waals surface area (Å²) in [5.41, 5.74) is 1.18. The van der Waals surface area contributed by atoms with Gasteiger partial charge in [0, 0.05) is 32.1 Å². The number of nitrogens with one attached hydrogen (secondary N) is 1. The minimum absolute atomic E-state index is 0.0946. The summed E-state index contributed by atoms with van der Waals surface area (Å²) in [6, 6.07) is 10.3. The van der Waals surface area contributed by atoms with E-state index in [9.17, 15) is 4.79 Å². The average Bonchev–Trinajstić information content (AvgIpc) is 3.04. The number of hydrogen-bond donors (Lipinski definition) is 1. The molecule has 0 spiro atoms. The minimum atomic E-state index is -0.183. The zero-order chi connectivity index (χ0) is 15.4. The maximum absolute atomic E-state index is 12.5. The van der Waals surface area contributed by atoms with E-state index in [1.54, 1.807) is 4.90 Å². The number of benzene rings is 1. The van der Waals surface area contributed by atoms with Gasteiger partial charge in [-0.3, -0.25) is 4.79 Å². The highest BCUT2D eigenvalue weighted by Crippen LogP contribution is 2.18. The minimum Gasteiger partial charge on any atom is -0.417 e. The first-order valence-electron chi connectivity index (χ1n) is 7.68. The molecule has 1 aromatic heterocycles. The van der Waals surface area contributed by atoms with Gasteiger partial charge in [-0.25, -0.2) is 0 Å². The van der Waals surface area contributed by atoms with Crippen LogP contribution in [-0.2, 0) is 6.42 Å². The van der Waals surface area contributed by atoms with Crippen LogP contribution in [0.2, 0.25) is 0 Å². The van der Waals surface area contributed by atoms with E-state index in [-0.39, 0.29) is 17.8 Å². The molecule has 6 nitrogen and oxygen atoms in total. The van der Waals surface area contributed by atoms with E-state index in [0.29, 0.717) is 25.4 Å². The summed E-state index contributed by atoms with van der Waals surface area (Å²) < 4.78 is 5.45. The maximum Gasteiger partial charge on any atom is 0.311 e. The summed E-state index contributed by atoms with van der Waals surface area (Å²) in [6.07, 6.45) is 1.62. The summed E-state index contributed by atoms with van der Waals surface area (Å²) in [4.78, 5) is 14.3. The predicted molar refractivity (Wildman–Crippen MR) is 81.4 cm³/mol. The van der Waals surface area contributed by atoms with E-state index >= 15 is 0 Å². The van der Waals surface area contributed by atoms with Crippen LogP contribution in [0.15, 0.2) is 34.7 Å². The van der Waals surface area contributed by atoms with Gasteiger partial charge in [0.1, 0.15) is 0 Å². The molecule has 116 valence electrons. The first-order chi connectivity index (χ1) is 10.8. The number of aromatic nitrogens is 2. The number of carbonyl (C=O) groups excluding carboxylic acids is 1. The molecular formula is C16H20N4O2. The summed E-state index contributed by atoms with van der Waals surface area (Å²) >= 11 is 0. The normalized spacial score (nSPS) is 18.4. The van der Waals surface area contributed by atoms with E-state index in [1.165, 1.54) is 5.56 Å². The molecule has 1 N–H and O–H groups in total. The first kappa shape index (κ1) is 14.7. The van der Waals surface area contributed by atoms with Crippen molar-refractivity contribution in [3.63, 3.8) is 0 Å².